The van der Waals surface area contributed by atoms with Crippen molar-refractivity contribution in [2.75, 3.05) is 0 Å². The molecule has 10 heteroatoms. The molecule has 2 aromatic heterocycles. The number of hydrogen-bond donors (Lipinski definition) is 0. The highest BCUT2D eigenvalue weighted by atomic mass is 32.1. The van der Waals surface area contributed by atoms with E-state index in [2.05, 4.69) is 14.7 Å². The largest absolute Gasteiger partial charge is 0.471 e. The van der Waals surface area contributed by atoms with E-state index in [1.807, 2.05) is 0 Å². The lowest BCUT2D eigenvalue weighted by Crippen LogP contribution is -2.36. The Morgan fingerprint density at radius 2 is 2.08 bits per heavy atom. The number of amides is 1. The van der Waals surface area contributed by atoms with E-state index < -0.39 is 23.8 Å². The van der Waals surface area contributed by atoms with E-state index in [0.717, 1.165) is 29.1 Å². The third-order valence-electron chi connectivity index (χ3n) is 3.43. The van der Waals surface area contributed by atoms with Crippen LogP contribution in [0.3, 0.4) is 0 Å². The number of aromatic nitrogens is 2. The standard InChI is InChI=1S/C14H12F3N3O3S/c1-7(21)12(22)20(8-2-3-8)6-9-4-5-10(24-9)11-18-13(23-19-11)14(15,16)17/h4-5,8H,2-3,6H2,1H3. The molecule has 0 N–H and O–H groups in total. The molecular weight excluding hydrogens is 347 g/mol. The fraction of sp³-hybridized carbons (Fsp3) is 0.429. The summed E-state index contributed by atoms with van der Waals surface area (Å²) in [5, 5.41) is 3.33. The number of nitrogens with zero attached hydrogens (tertiary/aromatic N) is 3. The predicted molar refractivity (Wildman–Crippen MR) is 76.9 cm³/mol. The van der Waals surface area contributed by atoms with Gasteiger partial charge in [-0.15, -0.1) is 11.3 Å². The van der Waals surface area contributed by atoms with Crippen LogP contribution >= 0.6 is 11.3 Å². The molecule has 0 saturated heterocycles. The monoisotopic (exact) mass is 359 g/mol. The van der Waals surface area contributed by atoms with E-state index in [0.29, 0.717) is 4.88 Å². The van der Waals surface area contributed by atoms with Gasteiger partial charge in [-0.25, -0.2) is 0 Å². The molecule has 0 radical (unpaired) electrons. The van der Waals surface area contributed by atoms with E-state index in [9.17, 15) is 22.8 Å². The first-order valence-electron chi connectivity index (χ1n) is 7.07. The Hall–Kier alpha value is -2.23. The average Bonchev–Trinajstić information content (AvgIpc) is 3.02. The van der Waals surface area contributed by atoms with E-state index in [1.54, 1.807) is 12.1 Å². The molecule has 0 bridgehead atoms. The van der Waals surface area contributed by atoms with Crippen molar-refractivity contribution in [3.05, 3.63) is 22.9 Å². The molecule has 1 aliphatic rings. The number of carbonyl (C=O) groups excluding carboxylic acids is 2. The molecule has 0 aromatic carbocycles. The fourth-order valence-corrected chi connectivity index (χ4v) is 3.08. The number of ketones is 1. The second-order valence-corrected chi connectivity index (χ2v) is 6.58. The number of carbonyl (C=O) groups is 2. The summed E-state index contributed by atoms with van der Waals surface area (Å²) in [4.78, 5) is 29.2. The third-order valence-corrected chi connectivity index (χ3v) is 4.49. The molecule has 0 aliphatic heterocycles. The minimum Gasteiger partial charge on any atom is -0.329 e. The highest BCUT2D eigenvalue weighted by molar-refractivity contribution is 7.15. The van der Waals surface area contributed by atoms with Crippen molar-refractivity contribution in [3.63, 3.8) is 0 Å². The van der Waals surface area contributed by atoms with Gasteiger partial charge in [-0.1, -0.05) is 5.16 Å². The molecule has 1 saturated carbocycles. The van der Waals surface area contributed by atoms with Crippen LogP contribution in [-0.4, -0.2) is 32.8 Å². The minimum absolute atomic E-state index is 0.0500. The summed E-state index contributed by atoms with van der Waals surface area (Å²) in [5.74, 6) is -2.65. The van der Waals surface area contributed by atoms with E-state index in [4.69, 9.17) is 0 Å². The quantitative estimate of drug-likeness (QED) is 0.767. The maximum Gasteiger partial charge on any atom is 0.471 e. The van der Waals surface area contributed by atoms with Gasteiger partial charge < -0.3 is 9.42 Å². The van der Waals surface area contributed by atoms with Crippen molar-refractivity contribution in [2.45, 2.75) is 38.5 Å². The molecule has 24 heavy (non-hydrogen) atoms. The molecule has 2 heterocycles. The fourth-order valence-electron chi connectivity index (χ4n) is 2.14. The van der Waals surface area contributed by atoms with Crippen molar-refractivity contribution in [1.29, 1.82) is 0 Å². The van der Waals surface area contributed by atoms with Crippen LogP contribution in [0.25, 0.3) is 10.7 Å². The van der Waals surface area contributed by atoms with Crippen LogP contribution in [-0.2, 0) is 22.3 Å². The predicted octanol–water partition coefficient (Wildman–Crippen LogP) is 2.90. The first-order chi connectivity index (χ1) is 11.3. The van der Waals surface area contributed by atoms with Crippen molar-refractivity contribution in [3.8, 4) is 10.7 Å². The zero-order valence-electron chi connectivity index (χ0n) is 12.5. The van der Waals surface area contributed by atoms with Gasteiger partial charge in [0.25, 0.3) is 5.91 Å². The van der Waals surface area contributed by atoms with Gasteiger partial charge in [0.15, 0.2) is 0 Å². The van der Waals surface area contributed by atoms with Gasteiger partial charge in [0.1, 0.15) is 0 Å². The van der Waals surface area contributed by atoms with Crippen LogP contribution in [0, 0.1) is 0 Å². The number of Topliss-reactive ketones (excluding diaryl/α,β-unsaturated/α-hetero) is 1. The number of thiophene rings is 1. The van der Waals surface area contributed by atoms with Crippen LogP contribution in [0.15, 0.2) is 16.7 Å². The van der Waals surface area contributed by atoms with Gasteiger partial charge in [-0.3, -0.25) is 9.59 Å². The Bertz CT molecular complexity index is 780. The summed E-state index contributed by atoms with van der Waals surface area (Å²) in [6.07, 6.45) is -3.00. The second kappa shape index (κ2) is 6.00. The lowest BCUT2D eigenvalue weighted by Gasteiger charge is -2.19. The van der Waals surface area contributed by atoms with Gasteiger partial charge >= 0.3 is 12.1 Å². The highest BCUT2D eigenvalue weighted by Gasteiger charge is 2.39. The second-order valence-electron chi connectivity index (χ2n) is 5.41. The number of hydrogen-bond acceptors (Lipinski definition) is 6. The molecule has 1 amide bonds. The highest BCUT2D eigenvalue weighted by Crippen LogP contribution is 2.34. The van der Waals surface area contributed by atoms with Crippen LogP contribution < -0.4 is 0 Å². The van der Waals surface area contributed by atoms with Gasteiger partial charge in [-0.05, 0) is 25.0 Å². The van der Waals surface area contributed by atoms with Crippen molar-refractivity contribution in [2.24, 2.45) is 0 Å². The van der Waals surface area contributed by atoms with Crippen molar-refractivity contribution in [1.82, 2.24) is 15.0 Å². The molecule has 0 atom stereocenters. The first kappa shape index (κ1) is 16.6. The molecule has 1 aliphatic carbocycles. The van der Waals surface area contributed by atoms with Crippen LogP contribution in [0.5, 0.6) is 0 Å². The summed E-state index contributed by atoms with van der Waals surface area (Å²) in [7, 11) is 0. The average molecular weight is 359 g/mol. The molecule has 128 valence electrons. The first-order valence-corrected chi connectivity index (χ1v) is 7.89. The summed E-state index contributed by atoms with van der Waals surface area (Å²) >= 11 is 1.16. The van der Waals surface area contributed by atoms with Crippen molar-refractivity contribution < 1.29 is 27.3 Å². The lowest BCUT2D eigenvalue weighted by molar-refractivity contribution is -0.159. The number of rotatable bonds is 5. The Kier molecular flexibility index (Phi) is 4.16. The van der Waals surface area contributed by atoms with Crippen molar-refractivity contribution >= 4 is 23.0 Å². The molecule has 3 rings (SSSR count). The zero-order chi connectivity index (χ0) is 17.5. The zero-order valence-corrected chi connectivity index (χ0v) is 13.3. The van der Waals surface area contributed by atoms with Gasteiger partial charge in [0, 0.05) is 17.8 Å². The molecule has 1 fully saturated rings. The Balaban J connectivity index is 1.76. The van der Waals surface area contributed by atoms with Gasteiger partial charge in [0.05, 0.1) is 11.4 Å². The number of alkyl halides is 3. The molecular formula is C14H12F3N3O3S. The topological polar surface area (TPSA) is 76.3 Å². The SMILES string of the molecule is CC(=O)C(=O)N(Cc1ccc(-c2noc(C(F)(F)F)n2)s1)C1CC1. The number of halogens is 3. The van der Waals surface area contributed by atoms with E-state index in [1.165, 1.54) is 11.8 Å². The van der Waals surface area contributed by atoms with Crippen LogP contribution in [0.1, 0.15) is 30.5 Å². The summed E-state index contributed by atoms with van der Waals surface area (Å²) in [6, 6.07) is 3.29. The maximum atomic E-state index is 12.5. The molecule has 2 aromatic rings. The minimum atomic E-state index is -4.69. The van der Waals surface area contributed by atoms with Gasteiger partial charge in [-0.2, -0.15) is 18.2 Å². The third kappa shape index (κ3) is 3.48. The summed E-state index contributed by atoms with van der Waals surface area (Å²) < 4.78 is 41.7. The molecule has 0 unspecified atom stereocenters. The maximum absolute atomic E-state index is 12.5. The summed E-state index contributed by atoms with van der Waals surface area (Å²) in [5.41, 5.74) is 0. The summed E-state index contributed by atoms with van der Waals surface area (Å²) in [6.45, 7) is 1.45. The van der Waals surface area contributed by atoms with Gasteiger partial charge in [0.2, 0.25) is 11.6 Å². The Morgan fingerprint density at radius 1 is 1.38 bits per heavy atom. The van der Waals surface area contributed by atoms with E-state index in [-0.39, 0.29) is 18.4 Å². The molecule has 6 nitrogen and oxygen atoms in total. The van der Waals surface area contributed by atoms with Crippen LogP contribution in [0.2, 0.25) is 0 Å². The Morgan fingerprint density at radius 3 is 2.62 bits per heavy atom. The van der Waals surface area contributed by atoms with E-state index >= 15 is 0 Å². The van der Waals surface area contributed by atoms with Crippen LogP contribution in [0.4, 0.5) is 13.2 Å². The Labute approximate surface area is 138 Å². The lowest BCUT2D eigenvalue weighted by atomic mass is 10.3. The smallest absolute Gasteiger partial charge is 0.329 e. The molecule has 0 spiro atoms. The normalized spacial score (nSPS) is 14.7.